The Morgan fingerprint density at radius 3 is 2.26 bits per heavy atom. The highest BCUT2D eigenvalue weighted by Gasteiger charge is 2.41. The Hall–Kier alpha value is -3.85. The number of piperidine rings is 1. The summed E-state index contributed by atoms with van der Waals surface area (Å²) in [7, 11) is -3.57. The third-order valence-corrected chi connectivity index (χ3v) is 9.38. The number of amides is 1. The van der Waals surface area contributed by atoms with E-state index in [1.54, 1.807) is 35.2 Å². The molecule has 1 fully saturated rings. The summed E-state index contributed by atoms with van der Waals surface area (Å²) in [6.07, 6.45) is 3.02. The number of carbonyl (C=O) groups excluding carboxylic acids is 1. The number of sulfone groups is 1. The normalized spacial score (nSPS) is 16.4. The van der Waals surface area contributed by atoms with Gasteiger partial charge in [-0.3, -0.25) is 0 Å². The van der Waals surface area contributed by atoms with Gasteiger partial charge in [0.1, 0.15) is 17.0 Å². The van der Waals surface area contributed by atoms with Gasteiger partial charge in [-0.15, -0.1) is 0 Å². The first kappa shape index (κ1) is 29.6. The van der Waals surface area contributed by atoms with Crippen LogP contribution in [-0.4, -0.2) is 54.8 Å². The lowest BCUT2D eigenvalue weighted by atomic mass is 9.82. The summed E-state index contributed by atoms with van der Waals surface area (Å²) in [6, 6.07) is 19.8. The zero-order valence-corrected chi connectivity index (χ0v) is 25.1. The molecule has 1 saturated heterocycles. The lowest BCUT2D eigenvalue weighted by molar-refractivity contribution is -0.0272. The molecule has 2 aliphatic heterocycles. The SMILES string of the molecule is CC(C)(C)OC(=O)N1CCC2(CCc3cc(-c4ccc(CS(=O)(=O)Cc5ccccc5C(=O)O)cc4)ccc3O2)CC1. The number of ether oxygens (including phenoxy) is 2. The highest BCUT2D eigenvalue weighted by Crippen LogP contribution is 2.41. The van der Waals surface area contributed by atoms with Gasteiger partial charge in [0.25, 0.3) is 0 Å². The van der Waals surface area contributed by atoms with Crippen molar-refractivity contribution in [2.45, 2.75) is 69.2 Å². The Bertz CT molecular complexity index is 1580. The molecule has 3 aromatic rings. The van der Waals surface area contributed by atoms with Gasteiger partial charge in [-0.1, -0.05) is 48.5 Å². The molecule has 0 unspecified atom stereocenters. The molecule has 1 N–H and O–H groups in total. The van der Waals surface area contributed by atoms with Gasteiger partial charge < -0.3 is 19.5 Å². The van der Waals surface area contributed by atoms with Crippen LogP contribution in [0.3, 0.4) is 0 Å². The molecule has 0 atom stereocenters. The Labute approximate surface area is 247 Å². The fraction of sp³-hybridized carbons (Fsp3) is 0.394. The molecule has 0 aromatic heterocycles. The van der Waals surface area contributed by atoms with E-state index in [4.69, 9.17) is 9.47 Å². The minimum atomic E-state index is -3.57. The molecule has 42 heavy (non-hydrogen) atoms. The van der Waals surface area contributed by atoms with Crippen LogP contribution in [0.25, 0.3) is 11.1 Å². The maximum absolute atomic E-state index is 12.9. The maximum Gasteiger partial charge on any atom is 0.410 e. The monoisotopic (exact) mass is 591 g/mol. The lowest BCUT2D eigenvalue weighted by Crippen LogP contribution is -2.52. The van der Waals surface area contributed by atoms with Crippen LogP contribution < -0.4 is 4.74 Å². The molecule has 2 aliphatic rings. The first-order chi connectivity index (χ1) is 19.8. The number of carboxylic acid groups (broad SMARTS) is 1. The van der Waals surface area contributed by atoms with E-state index in [0.717, 1.165) is 48.1 Å². The summed E-state index contributed by atoms with van der Waals surface area (Å²) >= 11 is 0. The molecular formula is C33H37NO7S. The van der Waals surface area contributed by atoms with Crippen molar-refractivity contribution < 1.29 is 32.6 Å². The summed E-state index contributed by atoms with van der Waals surface area (Å²) in [5.41, 5.74) is 3.28. The van der Waals surface area contributed by atoms with E-state index in [9.17, 15) is 23.1 Å². The Kier molecular flexibility index (Phi) is 8.07. The number of hydrogen-bond donors (Lipinski definition) is 1. The molecule has 1 spiro atoms. The van der Waals surface area contributed by atoms with Crippen LogP contribution in [0.4, 0.5) is 4.79 Å². The smallest absolute Gasteiger partial charge is 0.410 e. The predicted octanol–water partition coefficient (Wildman–Crippen LogP) is 6.26. The molecular weight excluding hydrogens is 554 g/mol. The number of aromatic carboxylic acids is 1. The van der Waals surface area contributed by atoms with Crippen LogP contribution in [0.2, 0.25) is 0 Å². The molecule has 1 amide bonds. The van der Waals surface area contributed by atoms with Crippen LogP contribution in [0.1, 0.15) is 67.1 Å². The van der Waals surface area contributed by atoms with Crippen molar-refractivity contribution in [1.29, 1.82) is 0 Å². The van der Waals surface area contributed by atoms with Crippen molar-refractivity contribution in [2.75, 3.05) is 13.1 Å². The Morgan fingerprint density at radius 2 is 1.60 bits per heavy atom. The summed E-state index contributed by atoms with van der Waals surface area (Å²) in [4.78, 5) is 25.7. The molecule has 2 heterocycles. The van der Waals surface area contributed by atoms with Crippen molar-refractivity contribution in [3.8, 4) is 16.9 Å². The van der Waals surface area contributed by atoms with Crippen molar-refractivity contribution in [1.82, 2.24) is 4.90 Å². The van der Waals surface area contributed by atoms with E-state index < -0.39 is 21.4 Å². The van der Waals surface area contributed by atoms with Gasteiger partial charge in [-0.2, -0.15) is 0 Å². The average molecular weight is 592 g/mol. The molecule has 0 bridgehead atoms. The largest absolute Gasteiger partial charge is 0.487 e. The van der Waals surface area contributed by atoms with Crippen molar-refractivity contribution in [3.05, 3.63) is 89.0 Å². The molecule has 0 aliphatic carbocycles. The van der Waals surface area contributed by atoms with Gasteiger partial charge in [0.2, 0.25) is 0 Å². The maximum atomic E-state index is 12.9. The Balaban J connectivity index is 1.21. The van der Waals surface area contributed by atoms with Crippen LogP contribution in [0.15, 0.2) is 66.7 Å². The van der Waals surface area contributed by atoms with Crippen molar-refractivity contribution in [2.24, 2.45) is 0 Å². The molecule has 9 heteroatoms. The number of hydrogen-bond acceptors (Lipinski definition) is 6. The van der Waals surface area contributed by atoms with Gasteiger partial charge in [0.05, 0.1) is 17.1 Å². The van der Waals surface area contributed by atoms with E-state index in [0.29, 0.717) is 18.7 Å². The first-order valence-corrected chi connectivity index (χ1v) is 16.0. The second kappa shape index (κ2) is 11.4. The van der Waals surface area contributed by atoms with E-state index in [-0.39, 0.29) is 34.3 Å². The van der Waals surface area contributed by atoms with Crippen LogP contribution >= 0.6 is 0 Å². The van der Waals surface area contributed by atoms with E-state index in [2.05, 4.69) is 6.07 Å². The minimum absolute atomic E-state index is 0.00462. The summed E-state index contributed by atoms with van der Waals surface area (Å²) in [5, 5.41) is 9.37. The number of likely N-dealkylation sites (tertiary alicyclic amines) is 1. The second-order valence-electron chi connectivity index (χ2n) is 12.3. The minimum Gasteiger partial charge on any atom is -0.487 e. The van der Waals surface area contributed by atoms with E-state index >= 15 is 0 Å². The first-order valence-electron chi connectivity index (χ1n) is 14.2. The summed E-state index contributed by atoms with van der Waals surface area (Å²) < 4.78 is 37.8. The topological polar surface area (TPSA) is 110 Å². The van der Waals surface area contributed by atoms with Crippen molar-refractivity contribution >= 4 is 21.9 Å². The number of nitrogens with zero attached hydrogens (tertiary/aromatic N) is 1. The average Bonchev–Trinajstić information content (AvgIpc) is 2.92. The van der Waals surface area contributed by atoms with E-state index in [1.807, 2.05) is 45.0 Å². The highest BCUT2D eigenvalue weighted by atomic mass is 32.2. The number of aryl methyl sites for hydroxylation is 1. The fourth-order valence-corrected chi connectivity index (χ4v) is 7.19. The molecule has 5 rings (SSSR count). The summed E-state index contributed by atoms with van der Waals surface area (Å²) in [5.74, 6) is -0.769. The number of carbonyl (C=O) groups is 2. The van der Waals surface area contributed by atoms with Crippen molar-refractivity contribution in [3.63, 3.8) is 0 Å². The second-order valence-corrected chi connectivity index (χ2v) is 14.3. The standard InChI is InChI=1S/C33H37NO7S/c1-32(2,3)41-31(37)34-18-16-33(17-19-34)15-14-26-20-25(12-13-29(26)40-33)24-10-8-23(9-11-24)21-42(38,39)22-27-6-4-5-7-28(27)30(35)36/h4-13,20H,14-19,21-22H2,1-3H3,(H,35,36). The number of rotatable bonds is 6. The van der Waals surface area contributed by atoms with Gasteiger partial charge in [0.15, 0.2) is 9.84 Å². The number of fused-ring (bicyclic) bond motifs is 1. The van der Waals surface area contributed by atoms with Crippen LogP contribution in [0, 0.1) is 0 Å². The number of benzene rings is 3. The molecule has 0 radical (unpaired) electrons. The third kappa shape index (κ3) is 6.95. The zero-order chi connectivity index (χ0) is 30.1. The van der Waals surface area contributed by atoms with Gasteiger partial charge in [-0.25, -0.2) is 18.0 Å². The van der Waals surface area contributed by atoms with E-state index in [1.165, 1.54) is 6.07 Å². The summed E-state index contributed by atoms with van der Waals surface area (Å²) in [6.45, 7) is 6.83. The Morgan fingerprint density at radius 1 is 0.929 bits per heavy atom. The fourth-order valence-electron chi connectivity index (χ4n) is 5.67. The van der Waals surface area contributed by atoms with Gasteiger partial charge in [0, 0.05) is 25.9 Å². The highest BCUT2D eigenvalue weighted by molar-refractivity contribution is 7.89. The molecule has 8 nitrogen and oxygen atoms in total. The molecule has 222 valence electrons. The predicted molar refractivity (Wildman–Crippen MR) is 160 cm³/mol. The number of carboxylic acids is 1. The van der Waals surface area contributed by atoms with Gasteiger partial charge in [-0.05, 0) is 79.6 Å². The van der Waals surface area contributed by atoms with Crippen LogP contribution in [-0.2, 0) is 32.5 Å². The quantitative estimate of drug-likeness (QED) is 0.360. The van der Waals surface area contributed by atoms with Crippen LogP contribution in [0.5, 0.6) is 5.75 Å². The zero-order valence-electron chi connectivity index (χ0n) is 24.3. The molecule has 3 aromatic carbocycles. The lowest BCUT2D eigenvalue weighted by Gasteiger charge is -2.44. The third-order valence-electron chi connectivity index (χ3n) is 7.86. The molecule has 0 saturated carbocycles. The van der Waals surface area contributed by atoms with Gasteiger partial charge >= 0.3 is 12.1 Å².